The highest BCUT2D eigenvalue weighted by molar-refractivity contribution is 6.30. The lowest BCUT2D eigenvalue weighted by atomic mass is 10.0. The van der Waals surface area contributed by atoms with Crippen LogP contribution in [0.15, 0.2) is 24.3 Å². The van der Waals surface area contributed by atoms with E-state index in [1.54, 1.807) is 0 Å². The Morgan fingerprint density at radius 1 is 1.35 bits per heavy atom. The minimum absolute atomic E-state index is 0.326. The van der Waals surface area contributed by atoms with Crippen LogP contribution in [0.1, 0.15) is 44.7 Å². The van der Waals surface area contributed by atoms with Gasteiger partial charge in [0.25, 0.3) is 0 Å². The van der Waals surface area contributed by atoms with E-state index in [9.17, 15) is 0 Å². The van der Waals surface area contributed by atoms with Gasteiger partial charge in [0.15, 0.2) is 0 Å². The molecule has 1 rings (SSSR count). The highest BCUT2D eigenvalue weighted by Gasteiger charge is 2.13. The van der Waals surface area contributed by atoms with Gasteiger partial charge < -0.3 is 5.32 Å². The van der Waals surface area contributed by atoms with Crippen LogP contribution in [-0.2, 0) is 0 Å². The van der Waals surface area contributed by atoms with Crippen LogP contribution in [0.3, 0.4) is 0 Å². The Morgan fingerprint density at radius 3 is 2.65 bits per heavy atom. The molecule has 17 heavy (non-hydrogen) atoms. The number of nitrogens with one attached hydrogen (secondary N) is 1. The molecule has 2 atom stereocenters. The van der Waals surface area contributed by atoms with Crippen molar-refractivity contribution in [3.05, 3.63) is 34.9 Å². The maximum atomic E-state index is 6.02. The van der Waals surface area contributed by atoms with Crippen LogP contribution < -0.4 is 5.32 Å². The zero-order chi connectivity index (χ0) is 12.7. The normalized spacial score (nSPS) is 14.0. The third-order valence-corrected chi connectivity index (χ3v) is 3.19. The van der Waals surface area contributed by atoms with Crippen LogP contribution in [0.5, 0.6) is 0 Å². The first kappa shape index (κ1) is 14.1. The van der Waals surface area contributed by atoms with Gasteiger partial charge in [-0.2, -0.15) is 0 Å². The molecule has 0 amide bonds. The first-order valence-electron chi connectivity index (χ1n) is 6.16. The van der Waals surface area contributed by atoms with E-state index >= 15 is 0 Å². The maximum Gasteiger partial charge on any atom is 0.0409 e. The molecule has 2 heteroatoms. The second-order valence-electron chi connectivity index (χ2n) is 4.20. The Kier molecular flexibility index (Phi) is 6.11. The van der Waals surface area contributed by atoms with E-state index in [0.29, 0.717) is 12.1 Å². The van der Waals surface area contributed by atoms with Gasteiger partial charge in [-0.3, -0.25) is 0 Å². The molecule has 0 aromatic heterocycles. The van der Waals surface area contributed by atoms with E-state index in [-0.39, 0.29) is 0 Å². The van der Waals surface area contributed by atoms with E-state index in [2.05, 4.69) is 31.2 Å². The molecule has 0 bridgehead atoms. The summed E-state index contributed by atoms with van der Waals surface area (Å²) in [5, 5.41) is 4.38. The van der Waals surface area contributed by atoms with E-state index in [1.807, 2.05) is 18.2 Å². The van der Waals surface area contributed by atoms with Crippen LogP contribution in [0, 0.1) is 12.3 Å². The zero-order valence-corrected chi connectivity index (χ0v) is 11.3. The van der Waals surface area contributed by atoms with Crippen molar-refractivity contribution in [2.24, 2.45) is 0 Å². The molecular formula is C15H20ClN. The maximum absolute atomic E-state index is 6.02. The van der Waals surface area contributed by atoms with Crippen LogP contribution in [0.4, 0.5) is 0 Å². The van der Waals surface area contributed by atoms with Gasteiger partial charge >= 0.3 is 0 Å². The lowest BCUT2D eigenvalue weighted by molar-refractivity contribution is 0.421. The van der Waals surface area contributed by atoms with Gasteiger partial charge in [-0.15, -0.1) is 12.3 Å². The lowest BCUT2D eigenvalue weighted by Crippen LogP contribution is -2.31. The zero-order valence-electron chi connectivity index (χ0n) is 10.5. The van der Waals surface area contributed by atoms with Crippen LogP contribution >= 0.6 is 11.6 Å². The topological polar surface area (TPSA) is 12.0 Å². The van der Waals surface area contributed by atoms with Crippen molar-refractivity contribution in [3.63, 3.8) is 0 Å². The summed E-state index contributed by atoms with van der Waals surface area (Å²) in [6.07, 6.45) is 8.22. The van der Waals surface area contributed by atoms with Crippen molar-refractivity contribution in [1.82, 2.24) is 5.32 Å². The highest BCUT2D eigenvalue weighted by atomic mass is 35.5. The first-order chi connectivity index (χ1) is 8.21. The monoisotopic (exact) mass is 249 g/mol. The summed E-state index contributed by atoms with van der Waals surface area (Å²) in [7, 11) is 0. The standard InChI is InChI=1S/C15H20ClN/c1-4-8-14(5-2)17-15(6-3)12-9-7-10-13(16)11-12/h1,7,9-11,14-15,17H,5-6,8H2,2-3H3. The van der Waals surface area contributed by atoms with Crippen molar-refractivity contribution in [3.8, 4) is 12.3 Å². The summed E-state index contributed by atoms with van der Waals surface area (Å²) in [5.74, 6) is 2.72. The van der Waals surface area contributed by atoms with Crippen LogP contribution in [-0.4, -0.2) is 6.04 Å². The molecule has 0 aliphatic heterocycles. The number of benzene rings is 1. The average molecular weight is 250 g/mol. The van der Waals surface area contributed by atoms with Crippen LogP contribution in [0.2, 0.25) is 5.02 Å². The molecule has 1 nitrogen and oxygen atoms in total. The summed E-state index contributed by atoms with van der Waals surface area (Å²) in [6, 6.07) is 8.72. The minimum atomic E-state index is 0.326. The molecule has 0 fully saturated rings. The van der Waals surface area contributed by atoms with Gasteiger partial charge in [0, 0.05) is 23.5 Å². The minimum Gasteiger partial charge on any atom is -0.306 e. The molecule has 1 aromatic rings. The summed E-state index contributed by atoms with van der Waals surface area (Å²) >= 11 is 6.02. The number of halogens is 1. The summed E-state index contributed by atoms with van der Waals surface area (Å²) in [5.41, 5.74) is 1.23. The summed E-state index contributed by atoms with van der Waals surface area (Å²) in [6.45, 7) is 4.32. The molecule has 92 valence electrons. The van der Waals surface area contributed by atoms with Gasteiger partial charge in [-0.25, -0.2) is 0 Å². The predicted molar refractivity (Wildman–Crippen MR) is 75.1 cm³/mol. The van der Waals surface area contributed by atoms with E-state index in [1.165, 1.54) is 5.56 Å². The quantitative estimate of drug-likeness (QED) is 0.746. The SMILES string of the molecule is C#CCC(CC)NC(CC)c1cccc(Cl)c1. The predicted octanol–water partition coefficient (Wildman–Crippen LogP) is 4.18. The van der Waals surface area contributed by atoms with E-state index in [4.69, 9.17) is 18.0 Å². The fraction of sp³-hybridized carbons (Fsp3) is 0.467. The lowest BCUT2D eigenvalue weighted by Gasteiger charge is -2.23. The third kappa shape index (κ3) is 4.42. The molecule has 0 spiro atoms. The van der Waals surface area contributed by atoms with Gasteiger partial charge in [0.1, 0.15) is 0 Å². The molecule has 0 aliphatic carbocycles. The Bertz CT molecular complexity index is 381. The molecule has 0 aliphatic rings. The fourth-order valence-corrected chi connectivity index (χ4v) is 2.12. The summed E-state index contributed by atoms with van der Waals surface area (Å²) in [4.78, 5) is 0. The third-order valence-electron chi connectivity index (χ3n) is 2.95. The second kappa shape index (κ2) is 7.37. The average Bonchev–Trinajstić information content (AvgIpc) is 2.34. The van der Waals surface area contributed by atoms with Crippen molar-refractivity contribution >= 4 is 11.6 Å². The fourth-order valence-electron chi connectivity index (χ4n) is 1.92. The van der Waals surface area contributed by atoms with Gasteiger partial charge in [0.05, 0.1) is 0 Å². The molecule has 0 saturated heterocycles. The molecule has 0 radical (unpaired) electrons. The molecule has 0 heterocycles. The largest absolute Gasteiger partial charge is 0.306 e. The van der Waals surface area contributed by atoms with E-state index < -0.39 is 0 Å². The molecular weight excluding hydrogens is 230 g/mol. The van der Waals surface area contributed by atoms with Crippen LogP contribution in [0.25, 0.3) is 0 Å². The number of rotatable bonds is 6. The van der Waals surface area contributed by atoms with Crippen molar-refractivity contribution < 1.29 is 0 Å². The molecule has 2 unspecified atom stereocenters. The molecule has 1 N–H and O–H groups in total. The molecule has 1 aromatic carbocycles. The van der Waals surface area contributed by atoms with Gasteiger partial charge in [-0.05, 0) is 30.5 Å². The van der Waals surface area contributed by atoms with Gasteiger partial charge in [0.2, 0.25) is 0 Å². The Balaban J connectivity index is 2.74. The first-order valence-corrected chi connectivity index (χ1v) is 6.54. The second-order valence-corrected chi connectivity index (χ2v) is 4.63. The Hall–Kier alpha value is -0.970. The van der Waals surface area contributed by atoms with Gasteiger partial charge in [-0.1, -0.05) is 37.6 Å². The van der Waals surface area contributed by atoms with Crippen molar-refractivity contribution in [1.29, 1.82) is 0 Å². The Labute approximate surface area is 110 Å². The van der Waals surface area contributed by atoms with Crippen molar-refractivity contribution in [2.75, 3.05) is 0 Å². The number of terminal acetylenes is 1. The van der Waals surface area contributed by atoms with E-state index in [0.717, 1.165) is 24.3 Å². The van der Waals surface area contributed by atoms with Crippen molar-refractivity contribution in [2.45, 2.75) is 45.2 Å². The number of hydrogen-bond donors (Lipinski definition) is 1. The number of hydrogen-bond acceptors (Lipinski definition) is 1. The summed E-state index contributed by atoms with van der Waals surface area (Å²) < 4.78 is 0. The highest BCUT2D eigenvalue weighted by Crippen LogP contribution is 2.21. The smallest absolute Gasteiger partial charge is 0.0409 e. The molecule has 0 saturated carbocycles. The Morgan fingerprint density at radius 2 is 2.12 bits per heavy atom.